The van der Waals surface area contributed by atoms with Crippen LogP contribution in [0.1, 0.15) is 12.5 Å². The van der Waals surface area contributed by atoms with Crippen molar-refractivity contribution in [2.75, 3.05) is 6.61 Å². The number of carbonyl (C=O) groups excluding carboxylic acids is 1. The summed E-state index contributed by atoms with van der Waals surface area (Å²) in [5.41, 5.74) is 6.23. The molecule has 0 aliphatic rings. The third kappa shape index (κ3) is 4.75. The Hall–Kier alpha value is -1.91. The number of ether oxygens (including phenoxy) is 1. The van der Waals surface area contributed by atoms with Crippen molar-refractivity contribution in [3.8, 4) is 0 Å². The summed E-state index contributed by atoms with van der Waals surface area (Å²) in [5.74, 6) is 0.196. The number of hydrogen-bond acceptors (Lipinski definition) is 3. The van der Waals surface area contributed by atoms with Gasteiger partial charge in [-0.05, 0) is 18.6 Å². The van der Waals surface area contributed by atoms with Crippen LogP contribution in [0.3, 0.4) is 0 Å². The van der Waals surface area contributed by atoms with Gasteiger partial charge in [-0.1, -0.05) is 6.07 Å². The van der Waals surface area contributed by atoms with Gasteiger partial charge in [0, 0.05) is 18.8 Å². The molecule has 15 heavy (non-hydrogen) atoms. The van der Waals surface area contributed by atoms with Crippen LogP contribution in [0.15, 0.2) is 29.5 Å². The van der Waals surface area contributed by atoms with Crippen LogP contribution in [0.2, 0.25) is 0 Å². The fraction of sp³-hybridized carbons (Fsp3) is 0.300. The standard InChI is InChI=1S/C10H13N3O2/c1-8(11)13-10(14)15-6-4-9-3-2-5-12-7-9/h2-3,5,7H,4,6H2,1H3,(H2,11,13,14). The van der Waals surface area contributed by atoms with Crippen LogP contribution < -0.4 is 5.73 Å². The number of amidine groups is 1. The first-order valence-corrected chi connectivity index (χ1v) is 4.55. The molecule has 0 aromatic carbocycles. The predicted octanol–water partition coefficient (Wildman–Crippen LogP) is 1.14. The number of carbonyl (C=O) groups is 1. The summed E-state index contributed by atoms with van der Waals surface area (Å²) in [6, 6.07) is 3.75. The first kappa shape index (κ1) is 11.2. The third-order valence-corrected chi connectivity index (χ3v) is 1.61. The van der Waals surface area contributed by atoms with E-state index in [-0.39, 0.29) is 12.4 Å². The minimum absolute atomic E-state index is 0.196. The Morgan fingerprint density at radius 3 is 3.07 bits per heavy atom. The molecular weight excluding hydrogens is 194 g/mol. The normalized spacial score (nSPS) is 11.1. The molecule has 0 saturated carbocycles. The average Bonchev–Trinajstić information content (AvgIpc) is 2.18. The number of amides is 1. The summed E-state index contributed by atoms with van der Waals surface area (Å²) >= 11 is 0. The molecule has 2 N–H and O–H groups in total. The first-order chi connectivity index (χ1) is 7.18. The van der Waals surface area contributed by atoms with E-state index in [1.807, 2.05) is 12.1 Å². The van der Waals surface area contributed by atoms with Crippen molar-refractivity contribution in [2.24, 2.45) is 10.7 Å². The van der Waals surface area contributed by atoms with E-state index >= 15 is 0 Å². The molecule has 0 spiro atoms. The first-order valence-electron chi connectivity index (χ1n) is 4.55. The van der Waals surface area contributed by atoms with Crippen LogP contribution in [0, 0.1) is 0 Å². The Labute approximate surface area is 88.0 Å². The van der Waals surface area contributed by atoms with Gasteiger partial charge in [0.05, 0.1) is 6.61 Å². The zero-order chi connectivity index (χ0) is 11.1. The van der Waals surface area contributed by atoms with E-state index in [0.29, 0.717) is 6.42 Å². The number of aliphatic imine (C=N–C) groups is 1. The summed E-state index contributed by atoms with van der Waals surface area (Å²) in [6.07, 6.45) is 3.39. The number of nitrogens with two attached hydrogens (primary N) is 1. The lowest BCUT2D eigenvalue weighted by Gasteiger charge is -2.01. The fourth-order valence-corrected chi connectivity index (χ4v) is 0.978. The minimum Gasteiger partial charge on any atom is -0.448 e. The van der Waals surface area contributed by atoms with Gasteiger partial charge in [0.15, 0.2) is 0 Å². The number of nitrogens with zero attached hydrogens (tertiary/aromatic N) is 2. The van der Waals surface area contributed by atoms with Crippen LogP contribution in [-0.2, 0) is 11.2 Å². The molecular formula is C10H13N3O2. The highest BCUT2D eigenvalue weighted by Gasteiger charge is 1.99. The Morgan fingerprint density at radius 2 is 2.47 bits per heavy atom. The molecule has 5 heteroatoms. The number of aromatic nitrogens is 1. The minimum atomic E-state index is -0.654. The molecule has 0 bridgehead atoms. The van der Waals surface area contributed by atoms with Crippen molar-refractivity contribution in [3.05, 3.63) is 30.1 Å². The van der Waals surface area contributed by atoms with Gasteiger partial charge in [-0.3, -0.25) is 4.98 Å². The molecule has 0 radical (unpaired) electrons. The summed E-state index contributed by atoms with van der Waals surface area (Å²) in [4.78, 5) is 18.3. The van der Waals surface area contributed by atoms with Gasteiger partial charge >= 0.3 is 6.09 Å². The van der Waals surface area contributed by atoms with Gasteiger partial charge in [0.2, 0.25) is 0 Å². The Balaban J connectivity index is 2.28. The van der Waals surface area contributed by atoms with Gasteiger partial charge in [0.1, 0.15) is 5.84 Å². The Bertz CT molecular complexity index is 345. The lowest BCUT2D eigenvalue weighted by atomic mass is 10.2. The van der Waals surface area contributed by atoms with E-state index in [0.717, 1.165) is 5.56 Å². The zero-order valence-corrected chi connectivity index (χ0v) is 8.51. The second-order valence-electron chi connectivity index (χ2n) is 2.98. The van der Waals surface area contributed by atoms with Crippen molar-refractivity contribution in [2.45, 2.75) is 13.3 Å². The third-order valence-electron chi connectivity index (χ3n) is 1.61. The lowest BCUT2D eigenvalue weighted by Crippen LogP contribution is -2.11. The molecule has 1 amide bonds. The molecule has 1 aromatic heterocycles. The molecule has 0 aliphatic heterocycles. The van der Waals surface area contributed by atoms with Gasteiger partial charge in [-0.25, -0.2) is 4.79 Å². The van der Waals surface area contributed by atoms with Gasteiger partial charge in [-0.2, -0.15) is 4.99 Å². The number of pyridine rings is 1. The molecule has 1 heterocycles. The van der Waals surface area contributed by atoms with E-state index in [9.17, 15) is 4.79 Å². The highest BCUT2D eigenvalue weighted by Crippen LogP contribution is 1.97. The second kappa shape index (κ2) is 5.74. The maximum absolute atomic E-state index is 10.9. The van der Waals surface area contributed by atoms with E-state index in [4.69, 9.17) is 10.5 Å². The monoisotopic (exact) mass is 207 g/mol. The highest BCUT2D eigenvalue weighted by atomic mass is 16.5. The fourth-order valence-electron chi connectivity index (χ4n) is 0.978. The quantitative estimate of drug-likeness (QED) is 0.595. The number of rotatable bonds is 3. The molecule has 0 saturated heterocycles. The largest absolute Gasteiger partial charge is 0.448 e. The van der Waals surface area contributed by atoms with Crippen LogP contribution in [0.5, 0.6) is 0 Å². The maximum Gasteiger partial charge on any atom is 0.435 e. The van der Waals surface area contributed by atoms with Crippen molar-refractivity contribution in [1.82, 2.24) is 4.98 Å². The predicted molar refractivity (Wildman–Crippen MR) is 56.6 cm³/mol. The van der Waals surface area contributed by atoms with E-state index in [2.05, 4.69) is 9.98 Å². The van der Waals surface area contributed by atoms with Crippen LogP contribution in [-0.4, -0.2) is 23.5 Å². The van der Waals surface area contributed by atoms with Crippen LogP contribution in [0.25, 0.3) is 0 Å². The summed E-state index contributed by atoms with van der Waals surface area (Å²) in [6.45, 7) is 1.81. The number of hydrogen-bond donors (Lipinski definition) is 1. The molecule has 0 aliphatic carbocycles. The molecule has 1 rings (SSSR count). The summed E-state index contributed by atoms with van der Waals surface area (Å²) < 4.78 is 4.82. The van der Waals surface area contributed by atoms with Gasteiger partial charge in [-0.15, -0.1) is 0 Å². The van der Waals surface area contributed by atoms with Crippen molar-refractivity contribution >= 4 is 11.9 Å². The van der Waals surface area contributed by atoms with E-state index < -0.39 is 6.09 Å². The highest BCUT2D eigenvalue weighted by molar-refractivity contribution is 5.88. The lowest BCUT2D eigenvalue weighted by molar-refractivity contribution is 0.158. The van der Waals surface area contributed by atoms with Gasteiger partial charge < -0.3 is 10.5 Å². The second-order valence-corrected chi connectivity index (χ2v) is 2.98. The average molecular weight is 207 g/mol. The van der Waals surface area contributed by atoms with Crippen LogP contribution in [0.4, 0.5) is 4.79 Å². The molecule has 80 valence electrons. The topological polar surface area (TPSA) is 77.6 Å². The van der Waals surface area contributed by atoms with Crippen molar-refractivity contribution < 1.29 is 9.53 Å². The molecule has 1 aromatic rings. The molecule has 5 nitrogen and oxygen atoms in total. The summed E-state index contributed by atoms with van der Waals surface area (Å²) in [5, 5.41) is 0. The summed E-state index contributed by atoms with van der Waals surface area (Å²) in [7, 11) is 0. The van der Waals surface area contributed by atoms with Crippen molar-refractivity contribution in [1.29, 1.82) is 0 Å². The van der Waals surface area contributed by atoms with E-state index in [1.54, 1.807) is 12.4 Å². The molecule has 0 atom stereocenters. The SMILES string of the molecule is C/C(N)=N/C(=O)OCCc1cccnc1. The van der Waals surface area contributed by atoms with E-state index in [1.165, 1.54) is 6.92 Å². The smallest absolute Gasteiger partial charge is 0.435 e. The Morgan fingerprint density at radius 1 is 1.67 bits per heavy atom. The van der Waals surface area contributed by atoms with Crippen LogP contribution >= 0.6 is 0 Å². The Kier molecular flexibility index (Phi) is 4.28. The van der Waals surface area contributed by atoms with Crippen molar-refractivity contribution in [3.63, 3.8) is 0 Å². The molecule has 0 fully saturated rings. The molecule has 0 unspecified atom stereocenters. The van der Waals surface area contributed by atoms with Gasteiger partial charge in [0.25, 0.3) is 0 Å². The zero-order valence-electron chi connectivity index (χ0n) is 8.51. The maximum atomic E-state index is 10.9.